The van der Waals surface area contributed by atoms with Gasteiger partial charge in [-0.1, -0.05) is 36.9 Å². The minimum atomic E-state index is -0.696. The highest BCUT2D eigenvalue weighted by Crippen LogP contribution is 2.15. The first-order valence-corrected chi connectivity index (χ1v) is 13.6. The zero-order chi connectivity index (χ0) is 32.4. The first-order valence-electron chi connectivity index (χ1n) is 13.6. The van der Waals surface area contributed by atoms with Gasteiger partial charge in [0.25, 0.3) is 5.56 Å². The summed E-state index contributed by atoms with van der Waals surface area (Å²) < 4.78 is 14.8. The van der Waals surface area contributed by atoms with Crippen LogP contribution in [-0.4, -0.2) is 77.8 Å². The molecule has 0 saturated heterocycles. The van der Waals surface area contributed by atoms with E-state index in [0.29, 0.717) is 24.3 Å². The van der Waals surface area contributed by atoms with Gasteiger partial charge in [-0.25, -0.2) is 9.59 Å². The van der Waals surface area contributed by atoms with Crippen molar-refractivity contribution in [2.24, 2.45) is 0 Å². The van der Waals surface area contributed by atoms with E-state index in [1.54, 1.807) is 45.7 Å². The third-order valence-corrected chi connectivity index (χ3v) is 5.25. The van der Waals surface area contributed by atoms with E-state index in [-0.39, 0.29) is 44.4 Å². The van der Waals surface area contributed by atoms with Crippen molar-refractivity contribution < 1.29 is 33.4 Å². The minimum absolute atomic E-state index is 0.0268. The van der Waals surface area contributed by atoms with Gasteiger partial charge in [-0.2, -0.15) is 4.98 Å². The number of ether oxygens (including phenoxy) is 3. The molecule has 2 aromatic rings. The van der Waals surface area contributed by atoms with Crippen molar-refractivity contribution in [3.8, 4) is 0 Å². The molecule has 43 heavy (non-hydrogen) atoms. The molecule has 0 fully saturated rings. The van der Waals surface area contributed by atoms with Crippen molar-refractivity contribution in [3.63, 3.8) is 0 Å². The molecule has 3 N–H and O–H groups in total. The normalized spacial score (nSPS) is 10.3. The molecule has 3 amide bonds. The highest BCUT2D eigenvalue weighted by molar-refractivity contribution is 5.82. The average molecular weight is 603 g/mol. The van der Waals surface area contributed by atoms with Crippen LogP contribution in [0.25, 0.3) is 0 Å². The lowest BCUT2D eigenvalue weighted by Gasteiger charge is -2.21. The van der Waals surface area contributed by atoms with Gasteiger partial charge in [-0.3, -0.25) is 24.7 Å². The fourth-order valence-electron chi connectivity index (χ4n) is 3.24. The predicted molar refractivity (Wildman–Crippen MR) is 162 cm³/mol. The lowest BCUT2D eigenvalue weighted by atomic mass is 10.2. The monoisotopic (exact) mass is 602 g/mol. The number of benzene rings is 1. The van der Waals surface area contributed by atoms with E-state index >= 15 is 0 Å². The molecule has 0 saturated carbocycles. The molecular weight excluding hydrogens is 560 g/mol. The number of hydrogen-bond acceptors (Lipinski definition) is 10. The van der Waals surface area contributed by atoms with E-state index in [9.17, 15) is 24.0 Å². The Hall–Kier alpha value is -4.88. The van der Waals surface area contributed by atoms with Crippen LogP contribution >= 0.6 is 0 Å². The summed E-state index contributed by atoms with van der Waals surface area (Å²) in [5.74, 6) is -0.0135. The molecule has 2 rings (SSSR count). The van der Waals surface area contributed by atoms with Crippen LogP contribution < -0.4 is 21.1 Å². The van der Waals surface area contributed by atoms with Crippen molar-refractivity contribution in [2.45, 2.75) is 53.8 Å². The van der Waals surface area contributed by atoms with Gasteiger partial charge in [-0.15, -0.1) is 0 Å². The predicted octanol–water partition coefficient (Wildman–Crippen LogP) is 3.33. The number of H-pyrrole nitrogens is 1. The number of carbonyl (C=O) groups excluding carboxylic acids is 4. The summed E-state index contributed by atoms with van der Waals surface area (Å²) in [5, 5.41) is 4.93. The summed E-state index contributed by atoms with van der Waals surface area (Å²) in [6.07, 6.45) is 0.855. The van der Waals surface area contributed by atoms with Gasteiger partial charge in [-0.05, 0) is 53.3 Å². The number of hydrogen-bond donors (Lipinski definition) is 3. The molecule has 0 aliphatic heterocycles. The first-order chi connectivity index (χ1) is 20.3. The average Bonchev–Trinajstić information content (AvgIpc) is 2.94. The van der Waals surface area contributed by atoms with Gasteiger partial charge < -0.3 is 29.3 Å². The number of aromatic nitrogens is 2. The smallest absolute Gasteiger partial charge is 0.414 e. The van der Waals surface area contributed by atoms with Crippen molar-refractivity contribution >= 4 is 36.3 Å². The lowest BCUT2D eigenvalue weighted by Crippen LogP contribution is -2.39. The lowest BCUT2D eigenvalue weighted by molar-refractivity contribution is -0.146. The Balaban J connectivity index is 0.000000444. The van der Waals surface area contributed by atoms with Crippen molar-refractivity contribution in [3.05, 3.63) is 64.6 Å². The number of rotatable bonds is 13. The quantitative estimate of drug-likeness (QED) is 0.175. The van der Waals surface area contributed by atoms with E-state index < -0.39 is 23.8 Å². The first kappa shape index (κ1) is 36.1. The van der Waals surface area contributed by atoms with E-state index in [1.807, 2.05) is 37.3 Å². The zero-order valence-corrected chi connectivity index (χ0v) is 25.6. The molecule has 14 nitrogen and oxygen atoms in total. The number of amides is 3. The Bertz CT molecular complexity index is 1260. The number of nitrogens with one attached hydrogen (secondary N) is 3. The highest BCUT2D eigenvalue weighted by atomic mass is 16.6. The molecule has 0 atom stereocenters. The van der Waals surface area contributed by atoms with E-state index in [4.69, 9.17) is 14.2 Å². The molecule has 0 spiro atoms. The maximum atomic E-state index is 12.0. The Labute approximate surface area is 251 Å². The van der Waals surface area contributed by atoms with Gasteiger partial charge >= 0.3 is 18.2 Å². The van der Waals surface area contributed by atoms with Crippen LogP contribution in [0.2, 0.25) is 0 Å². The molecule has 0 unspecified atom stereocenters. The SMILES string of the molecule is C=CN(CC)c1nc(NC(=O)OCc2ccccc2)[nH]c(=O)c1C.CCOC(=O)CN(C=O)CCNC(=O)OC(C)(C)C. The summed E-state index contributed by atoms with van der Waals surface area (Å²) in [6, 6.07) is 9.29. The third-order valence-electron chi connectivity index (χ3n) is 5.25. The second kappa shape index (κ2) is 18.5. The van der Waals surface area contributed by atoms with Gasteiger partial charge in [0.1, 0.15) is 24.6 Å². The molecular formula is C29H42N6O8. The van der Waals surface area contributed by atoms with Gasteiger partial charge in [0.15, 0.2) is 0 Å². The Morgan fingerprint density at radius 2 is 1.77 bits per heavy atom. The number of carbonyl (C=O) groups is 4. The Kier molecular flexibility index (Phi) is 15.6. The van der Waals surface area contributed by atoms with E-state index in [2.05, 4.69) is 27.2 Å². The number of aromatic amines is 1. The van der Waals surface area contributed by atoms with Crippen LogP contribution in [0, 0.1) is 6.92 Å². The summed E-state index contributed by atoms with van der Waals surface area (Å²) in [6.45, 7) is 15.5. The molecule has 0 aliphatic rings. The number of esters is 1. The Morgan fingerprint density at radius 1 is 1.09 bits per heavy atom. The van der Waals surface area contributed by atoms with Crippen LogP contribution in [0.3, 0.4) is 0 Å². The fraction of sp³-hybridized carbons (Fsp3) is 0.448. The summed E-state index contributed by atoms with van der Waals surface area (Å²) in [5.41, 5.74) is 0.403. The second-order valence-corrected chi connectivity index (χ2v) is 9.83. The van der Waals surface area contributed by atoms with Crippen LogP contribution in [0.1, 0.15) is 45.7 Å². The minimum Gasteiger partial charge on any atom is -0.465 e. The Morgan fingerprint density at radius 3 is 2.33 bits per heavy atom. The topological polar surface area (TPSA) is 172 Å². The standard InChI is InChI=1S/C17H20N4O3.C12H22N2O5/c1-4-21(5-2)14-12(3)15(22)19-16(18-14)20-17(23)24-11-13-9-7-6-8-10-13;1-5-18-10(16)8-14(9-15)7-6-13-11(17)19-12(2,3)4/h4,6-10H,1,5,11H2,2-3H3,(H2,18,19,20,22,23);9H,5-8H2,1-4H3,(H,13,17). The fourth-order valence-corrected chi connectivity index (χ4v) is 3.24. The van der Waals surface area contributed by atoms with E-state index in [1.165, 1.54) is 4.90 Å². The molecule has 0 aliphatic carbocycles. The summed E-state index contributed by atoms with van der Waals surface area (Å²) >= 11 is 0. The van der Waals surface area contributed by atoms with Crippen LogP contribution in [0.5, 0.6) is 0 Å². The maximum Gasteiger partial charge on any atom is 0.414 e. The number of alkyl carbamates (subject to hydrolysis) is 1. The number of anilines is 2. The third kappa shape index (κ3) is 14.5. The van der Waals surface area contributed by atoms with Crippen LogP contribution in [-0.2, 0) is 30.4 Å². The zero-order valence-electron chi connectivity index (χ0n) is 25.6. The largest absolute Gasteiger partial charge is 0.465 e. The molecule has 0 bridgehead atoms. The van der Waals surface area contributed by atoms with Crippen LogP contribution in [0.4, 0.5) is 21.4 Å². The van der Waals surface area contributed by atoms with Crippen molar-refractivity contribution in [1.29, 1.82) is 0 Å². The van der Waals surface area contributed by atoms with Gasteiger partial charge in [0, 0.05) is 19.6 Å². The van der Waals surface area contributed by atoms with Crippen LogP contribution in [0.15, 0.2) is 47.9 Å². The highest BCUT2D eigenvalue weighted by Gasteiger charge is 2.17. The molecule has 236 valence electrons. The molecule has 1 aromatic heterocycles. The van der Waals surface area contributed by atoms with Gasteiger partial charge in [0.2, 0.25) is 12.4 Å². The summed E-state index contributed by atoms with van der Waals surface area (Å²) in [4.78, 5) is 66.8. The molecule has 1 aromatic carbocycles. The van der Waals surface area contributed by atoms with Gasteiger partial charge in [0.05, 0.1) is 12.2 Å². The second-order valence-electron chi connectivity index (χ2n) is 9.83. The summed E-state index contributed by atoms with van der Waals surface area (Å²) in [7, 11) is 0. The number of nitrogens with zero attached hydrogens (tertiary/aromatic N) is 3. The molecule has 14 heteroatoms. The van der Waals surface area contributed by atoms with E-state index in [0.717, 1.165) is 5.56 Å². The molecule has 1 heterocycles. The molecule has 0 radical (unpaired) electrons. The van der Waals surface area contributed by atoms with Crippen molar-refractivity contribution in [2.75, 3.05) is 43.0 Å². The maximum absolute atomic E-state index is 12.0. The van der Waals surface area contributed by atoms with Crippen molar-refractivity contribution in [1.82, 2.24) is 20.2 Å².